The van der Waals surface area contributed by atoms with Gasteiger partial charge in [-0.25, -0.2) is 0 Å². The fourth-order valence-electron chi connectivity index (χ4n) is 2.08. The van der Waals surface area contributed by atoms with E-state index in [1.54, 1.807) is 0 Å². The van der Waals surface area contributed by atoms with Gasteiger partial charge in [-0.05, 0) is 44.9 Å². The van der Waals surface area contributed by atoms with Gasteiger partial charge in [-0.3, -0.25) is 0 Å². The van der Waals surface area contributed by atoms with Crippen molar-refractivity contribution < 1.29 is 61.3 Å². The second kappa shape index (κ2) is 20.6. The summed E-state index contributed by atoms with van der Waals surface area (Å²) in [7, 11) is 0. The second-order valence-electron chi connectivity index (χ2n) is 5.35. The summed E-state index contributed by atoms with van der Waals surface area (Å²) in [5.41, 5.74) is 0. The Bertz CT molecular complexity index is 272. The standard InChI is InChI=1S/C18H32O2.K/c1-2-3-4-5-6-7-8-9-10-11-12-13-14-15-16-17-18(19)20;/h6-7,9-10H,2-5,8,11-17H2,1H3,(H,19,20);/q;+1/p-1/b7-6+,10-9+;/i1+1,2+1,3+1,4+1,5+1,6+1,7+1,8+1,9+1,10+1,11+1,12+1,13+1,14+1,15+1,16+1,17+1,18+1;. The van der Waals surface area contributed by atoms with Gasteiger partial charge < -0.3 is 9.90 Å². The zero-order valence-electron chi connectivity index (χ0n) is 14.1. The SMILES string of the molecule is [13CH3][13CH2][13CH2][13CH2][13CH2]/[13CH]=[13CH]/[13CH2]/[13CH]=[13CH]/[13CH2][13CH2][13CH2][13CH2][13CH2][13CH2][13CH2][13C](=O)[O-].[K+]. The van der Waals surface area contributed by atoms with Crippen molar-refractivity contribution in [3.8, 4) is 0 Å². The largest absolute Gasteiger partial charge is 1.00 e. The Morgan fingerprint density at radius 1 is 0.810 bits per heavy atom. The zero-order chi connectivity index (χ0) is 14.9. The zero-order valence-corrected chi connectivity index (χ0v) is 17.2. The van der Waals surface area contributed by atoms with E-state index >= 15 is 0 Å². The van der Waals surface area contributed by atoms with Gasteiger partial charge in [-0.15, -0.1) is 0 Å². The van der Waals surface area contributed by atoms with Crippen LogP contribution >= 0.6 is 0 Å². The Labute approximate surface area is 173 Å². The molecule has 0 bridgehead atoms. The van der Waals surface area contributed by atoms with E-state index in [1.807, 2.05) is 0 Å². The molecule has 116 valence electrons. The number of carbonyl (C=O) groups is 1. The van der Waals surface area contributed by atoms with Crippen LogP contribution in [-0.2, 0) is 4.79 Å². The van der Waals surface area contributed by atoms with E-state index in [0.717, 1.165) is 32.1 Å². The fraction of sp³-hybridized carbons (Fsp3) is 0.722. The van der Waals surface area contributed by atoms with Crippen LogP contribution in [0.15, 0.2) is 24.3 Å². The minimum absolute atomic E-state index is 0. The molecule has 21 heavy (non-hydrogen) atoms. The molecule has 0 unspecified atom stereocenters. The van der Waals surface area contributed by atoms with E-state index in [1.165, 1.54) is 38.5 Å². The first-order chi connectivity index (χ1) is 9.77. The van der Waals surface area contributed by atoms with Crippen molar-refractivity contribution in [2.75, 3.05) is 0 Å². The number of allylic oxidation sites excluding steroid dienone is 4. The summed E-state index contributed by atoms with van der Waals surface area (Å²) >= 11 is 0. The summed E-state index contributed by atoms with van der Waals surface area (Å²) in [6.45, 7) is 2.23. The van der Waals surface area contributed by atoms with E-state index < -0.39 is 5.97 Å². The number of rotatable bonds is 14. The molecule has 0 aromatic heterocycles. The number of hydrogen-bond acceptors (Lipinski definition) is 2. The van der Waals surface area contributed by atoms with Gasteiger partial charge in [0.15, 0.2) is 0 Å². The van der Waals surface area contributed by atoms with E-state index in [4.69, 9.17) is 0 Å². The molecule has 2 nitrogen and oxygen atoms in total. The molecule has 0 aromatic rings. The maximum absolute atomic E-state index is 10.2. The van der Waals surface area contributed by atoms with Gasteiger partial charge in [0.05, 0.1) is 0 Å². The molecule has 0 atom stereocenters. The summed E-state index contributed by atoms with van der Waals surface area (Å²) in [6, 6.07) is 0. The fourth-order valence-corrected chi connectivity index (χ4v) is 2.08. The molecular formula is C18H31KO2. The van der Waals surface area contributed by atoms with Crippen LogP contribution in [-0.4, -0.2) is 5.97 Å². The van der Waals surface area contributed by atoms with Gasteiger partial charge in [0.2, 0.25) is 0 Å². The van der Waals surface area contributed by atoms with Gasteiger partial charge in [0.1, 0.15) is 0 Å². The summed E-state index contributed by atoms with van der Waals surface area (Å²) in [6.07, 6.45) is 21.9. The van der Waals surface area contributed by atoms with E-state index in [9.17, 15) is 9.90 Å². The third-order valence-electron chi connectivity index (χ3n) is 3.33. The van der Waals surface area contributed by atoms with Gasteiger partial charge in [0, 0.05) is 5.97 Å². The van der Waals surface area contributed by atoms with Gasteiger partial charge >= 0.3 is 51.4 Å². The average molecular weight is 336 g/mol. The molecule has 3 heteroatoms. The molecule has 0 saturated carbocycles. The minimum Gasteiger partial charge on any atom is -0.550 e. The van der Waals surface area contributed by atoms with Crippen LogP contribution < -0.4 is 56.5 Å². The van der Waals surface area contributed by atoms with Crippen molar-refractivity contribution in [3.05, 3.63) is 24.3 Å². The van der Waals surface area contributed by atoms with Crippen LogP contribution in [0.4, 0.5) is 0 Å². The number of carboxylic acids is 1. The molecule has 0 fully saturated rings. The number of carboxylic acid groups (broad SMARTS) is 1. The topological polar surface area (TPSA) is 40.1 Å². The Balaban J connectivity index is 0. The molecule has 0 aliphatic carbocycles. The predicted molar refractivity (Wildman–Crippen MR) is 84.4 cm³/mol. The Kier molecular flexibility index (Phi) is 23.4. The Morgan fingerprint density at radius 2 is 1.33 bits per heavy atom. The summed E-state index contributed by atoms with van der Waals surface area (Å²) in [4.78, 5) is 10.2. The molecule has 0 radical (unpaired) electrons. The van der Waals surface area contributed by atoms with Crippen molar-refractivity contribution in [1.29, 1.82) is 0 Å². The average Bonchev–Trinajstić information content (AvgIpc) is 2.43. The van der Waals surface area contributed by atoms with E-state index in [2.05, 4.69) is 31.2 Å². The number of hydrogen-bond donors (Lipinski definition) is 0. The molecular weight excluding hydrogens is 305 g/mol. The molecule has 0 rings (SSSR count). The molecule has 0 amide bonds. The molecule has 0 N–H and O–H groups in total. The maximum Gasteiger partial charge on any atom is 1.00 e. The van der Waals surface area contributed by atoms with Crippen molar-refractivity contribution in [2.24, 2.45) is 0 Å². The van der Waals surface area contributed by atoms with Crippen LogP contribution in [0.5, 0.6) is 0 Å². The van der Waals surface area contributed by atoms with Crippen LogP contribution in [0.2, 0.25) is 0 Å². The monoisotopic (exact) mass is 336 g/mol. The molecule has 0 saturated heterocycles. The van der Waals surface area contributed by atoms with Gasteiger partial charge in [-0.2, -0.15) is 0 Å². The quantitative estimate of drug-likeness (QED) is 0.209. The van der Waals surface area contributed by atoms with Crippen molar-refractivity contribution in [3.63, 3.8) is 0 Å². The Hall–Kier alpha value is 0.586. The third-order valence-corrected chi connectivity index (χ3v) is 3.33. The van der Waals surface area contributed by atoms with Crippen molar-refractivity contribution in [2.45, 2.75) is 84.0 Å². The van der Waals surface area contributed by atoms with Crippen molar-refractivity contribution in [1.82, 2.24) is 0 Å². The normalized spacial score (nSPS) is 11.1. The Morgan fingerprint density at radius 3 is 1.90 bits per heavy atom. The van der Waals surface area contributed by atoms with Crippen LogP contribution in [0, 0.1) is 0 Å². The molecule has 0 heterocycles. The van der Waals surface area contributed by atoms with E-state index in [-0.39, 0.29) is 57.8 Å². The first kappa shape index (κ1) is 23.8. The van der Waals surface area contributed by atoms with Crippen molar-refractivity contribution >= 4 is 5.97 Å². The minimum atomic E-state index is -0.921. The molecule has 0 spiro atoms. The van der Waals surface area contributed by atoms with E-state index in [0.29, 0.717) is 0 Å². The number of carbonyl (C=O) groups excluding carboxylic acids is 1. The van der Waals surface area contributed by atoms with Crippen LogP contribution in [0.3, 0.4) is 0 Å². The van der Waals surface area contributed by atoms with Crippen LogP contribution in [0.25, 0.3) is 0 Å². The van der Waals surface area contributed by atoms with Gasteiger partial charge in [0.25, 0.3) is 0 Å². The summed E-state index contributed by atoms with van der Waals surface area (Å²) in [5.74, 6) is -0.921. The summed E-state index contributed by atoms with van der Waals surface area (Å²) < 4.78 is 0. The first-order valence-corrected chi connectivity index (χ1v) is 8.27. The second-order valence-corrected chi connectivity index (χ2v) is 5.35. The number of aliphatic carboxylic acids is 1. The third kappa shape index (κ3) is 23.0. The maximum atomic E-state index is 10.2. The smallest absolute Gasteiger partial charge is 0.550 e. The predicted octanol–water partition coefficient (Wildman–Crippen LogP) is 1.55. The molecule has 0 aromatic carbocycles. The summed E-state index contributed by atoms with van der Waals surface area (Å²) in [5, 5.41) is 10.2. The first-order valence-electron chi connectivity index (χ1n) is 8.27. The number of unbranched alkanes of at least 4 members (excludes halogenated alkanes) is 8. The molecule has 0 aliphatic heterocycles. The van der Waals surface area contributed by atoms with Crippen LogP contribution in [0.1, 0.15) is 84.0 Å². The van der Waals surface area contributed by atoms with Gasteiger partial charge in [-0.1, -0.05) is 63.3 Å². The molecule has 0 aliphatic rings.